The molecule has 8 heteroatoms. The summed E-state index contributed by atoms with van der Waals surface area (Å²) in [6, 6.07) is 17.8. The molecule has 144 valence electrons. The summed E-state index contributed by atoms with van der Waals surface area (Å²) in [5.74, 6) is 0.101. The predicted octanol–water partition coefficient (Wildman–Crippen LogP) is 2.82. The number of nitrogens with one attached hydrogen (secondary N) is 2. The number of hydrogen-bond donors (Lipinski definition) is 2. The highest BCUT2D eigenvalue weighted by molar-refractivity contribution is 7.92. The number of methoxy groups -OCH3 is 1. The number of carbonyl (C=O) groups is 1. The normalized spacial score (nSPS) is 10.9. The number of hydrogen-bond acceptors (Lipinski definition) is 5. The van der Waals surface area contributed by atoms with Gasteiger partial charge in [0, 0.05) is 11.8 Å². The van der Waals surface area contributed by atoms with Gasteiger partial charge in [-0.15, -0.1) is 0 Å². The van der Waals surface area contributed by atoms with Crippen LogP contribution in [0.5, 0.6) is 5.75 Å². The lowest BCUT2D eigenvalue weighted by Crippen LogP contribution is -2.23. The number of anilines is 1. The molecule has 1 aromatic heterocycles. The summed E-state index contributed by atoms with van der Waals surface area (Å²) < 4.78 is 32.8. The lowest BCUT2D eigenvalue weighted by atomic mass is 10.2. The number of aromatic nitrogens is 1. The molecule has 1 heterocycles. The number of benzene rings is 2. The van der Waals surface area contributed by atoms with Crippen LogP contribution in [0.1, 0.15) is 16.1 Å². The molecule has 2 N–H and O–H groups in total. The minimum atomic E-state index is -3.82. The molecule has 7 nitrogen and oxygen atoms in total. The van der Waals surface area contributed by atoms with Gasteiger partial charge in [0.15, 0.2) is 0 Å². The minimum absolute atomic E-state index is 0.0414. The Hall–Kier alpha value is -3.39. The van der Waals surface area contributed by atoms with Crippen molar-refractivity contribution < 1.29 is 17.9 Å². The Bertz CT molecular complexity index is 1050. The van der Waals surface area contributed by atoms with Gasteiger partial charge in [-0.05, 0) is 48.5 Å². The Morgan fingerprint density at radius 3 is 2.39 bits per heavy atom. The van der Waals surface area contributed by atoms with E-state index in [1.165, 1.54) is 31.4 Å². The second kappa shape index (κ2) is 8.53. The van der Waals surface area contributed by atoms with Crippen LogP contribution in [0.2, 0.25) is 0 Å². The van der Waals surface area contributed by atoms with E-state index in [0.29, 0.717) is 17.0 Å². The fourth-order valence-corrected chi connectivity index (χ4v) is 3.56. The van der Waals surface area contributed by atoms with E-state index in [4.69, 9.17) is 4.74 Å². The zero-order valence-electron chi connectivity index (χ0n) is 15.1. The van der Waals surface area contributed by atoms with Crippen LogP contribution in [0.25, 0.3) is 0 Å². The zero-order valence-corrected chi connectivity index (χ0v) is 15.9. The van der Waals surface area contributed by atoms with Crippen molar-refractivity contribution in [3.8, 4) is 5.75 Å². The Kier molecular flexibility index (Phi) is 5.90. The summed E-state index contributed by atoms with van der Waals surface area (Å²) in [5, 5.41) is 2.75. The molecule has 3 rings (SSSR count). The lowest BCUT2D eigenvalue weighted by molar-refractivity contribution is 0.0950. The Balaban J connectivity index is 1.69. The fourth-order valence-electron chi connectivity index (χ4n) is 2.49. The second-order valence-electron chi connectivity index (χ2n) is 5.83. The van der Waals surface area contributed by atoms with E-state index in [-0.39, 0.29) is 17.3 Å². The van der Waals surface area contributed by atoms with Crippen LogP contribution in [0, 0.1) is 0 Å². The molecule has 0 saturated carbocycles. The molecule has 0 bridgehead atoms. The quantitative estimate of drug-likeness (QED) is 0.639. The molecule has 0 saturated heterocycles. The van der Waals surface area contributed by atoms with E-state index >= 15 is 0 Å². The number of para-hydroxylation sites is 2. The number of pyridine rings is 1. The molecule has 0 aliphatic carbocycles. The first kappa shape index (κ1) is 19.4. The van der Waals surface area contributed by atoms with Crippen LogP contribution >= 0.6 is 0 Å². The SMILES string of the molecule is COc1ccccc1NS(=O)(=O)c1ccc(C(=O)NCc2ccccn2)cc1. The highest BCUT2D eigenvalue weighted by Gasteiger charge is 2.17. The van der Waals surface area contributed by atoms with Gasteiger partial charge in [-0.2, -0.15) is 0 Å². The minimum Gasteiger partial charge on any atom is -0.495 e. The van der Waals surface area contributed by atoms with Crippen molar-refractivity contribution in [3.05, 3.63) is 84.2 Å². The van der Waals surface area contributed by atoms with Gasteiger partial charge in [-0.25, -0.2) is 8.42 Å². The van der Waals surface area contributed by atoms with E-state index in [9.17, 15) is 13.2 Å². The van der Waals surface area contributed by atoms with Crippen molar-refractivity contribution in [3.63, 3.8) is 0 Å². The third-order valence-electron chi connectivity index (χ3n) is 3.93. The topological polar surface area (TPSA) is 97.4 Å². The molecule has 0 aliphatic heterocycles. The van der Waals surface area contributed by atoms with Crippen LogP contribution in [-0.4, -0.2) is 26.4 Å². The smallest absolute Gasteiger partial charge is 0.262 e. The number of sulfonamides is 1. The molecule has 0 aliphatic rings. The van der Waals surface area contributed by atoms with Crippen molar-refractivity contribution in [1.82, 2.24) is 10.3 Å². The summed E-state index contributed by atoms with van der Waals surface area (Å²) >= 11 is 0. The van der Waals surface area contributed by atoms with Crippen molar-refractivity contribution in [2.45, 2.75) is 11.4 Å². The zero-order chi connectivity index (χ0) is 20.0. The average Bonchev–Trinajstić information content (AvgIpc) is 2.73. The Morgan fingerprint density at radius 2 is 1.71 bits per heavy atom. The van der Waals surface area contributed by atoms with Crippen molar-refractivity contribution >= 4 is 21.6 Å². The molecule has 0 unspecified atom stereocenters. The van der Waals surface area contributed by atoms with Crippen LogP contribution in [0.4, 0.5) is 5.69 Å². The first-order valence-corrected chi connectivity index (χ1v) is 9.92. The maximum absolute atomic E-state index is 12.6. The van der Waals surface area contributed by atoms with Gasteiger partial charge in [0.1, 0.15) is 5.75 Å². The number of nitrogens with zero attached hydrogens (tertiary/aromatic N) is 1. The third-order valence-corrected chi connectivity index (χ3v) is 5.32. The second-order valence-corrected chi connectivity index (χ2v) is 7.52. The van der Waals surface area contributed by atoms with Gasteiger partial charge in [-0.1, -0.05) is 18.2 Å². The molecule has 28 heavy (non-hydrogen) atoms. The van der Waals surface area contributed by atoms with Crippen molar-refractivity contribution in [2.75, 3.05) is 11.8 Å². The van der Waals surface area contributed by atoms with Gasteiger partial charge < -0.3 is 10.1 Å². The van der Waals surface area contributed by atoms with Crippen molar-refractivity contribution in [1.29, 1.82) is 0 Å². The first-order chi connectivity index (χ1) is 13.5. The first-order valence-electron chi connectivity index (χ1n) is 8.43. The standard InChI is InChI=1S/C20H19N3O4S/c1-27-19-8-3-2-7-18(19)23-28(25,26)17-11-9-15(10-12-17)20(24)22-14-16-6-4-5-13-21-16/h2-13,23H,14H2,1H3,(H,22,24). The molecule has 2 aromatic carbocycles. The molecule has 0 radical (unpaired) electrons. The Labute approximate surface area is 163 Å². The number of rotatable bonds is 7. The molecular weight excluding hydrogens is 378 g/mol. The predicted molar refractivity (Wildman–Crippen MR) is 106 cm³/mol. The number of carbonyl (C=O) groups excluding carboxylic acids is 1. The van der Waals surface area contributed by atoms with Crippen LogP contribution < -0.4 is 14.8 Å². The highest BCUT2D eigenvalue weighted by Crippen LogP contribution is 2.26. The molecule has 0 fully saturated rings. The van der Waals surface area contributed by atoms with E-state index in [1.807, 2.05) is 6.07 Å². The maximum atomic E-state index is 12.6. The van der Waals surface area contributed by atoms with E-state index in [2.05, 4.69) is 15.0 Å². The Morgan fingerprint density at radius 1 is 1.00 bits per heavy atom. The van der Waals surface area contributed by atoms with E-state index < -0.39 is 10.0 Å². The monoisotopic (exact) mass is 397 g/mol. The van der Waals surface area contributed by atoms with Gasteiger partial charge in [0.05, 0.1) is 29.9 Å². The van der Waals surface area contributed by atoms with Gasteiger partial charge in [0.25, 0.3) is 15.9 Å². The summed E-state index contributed by atoms with van der Waals surface area (Å²) in [6.07, 6.45) is 1.65. The van der Waals surface area contributed by atoms with E-state index in [1.54, 1.807) is 42.6 Å². The largest absolute Gasteiger partial charge is 0.495 e. The summed E-state index contributed by atoms with van der Waals surface area (Å²) in [4.78, 5) is 16.4. The average molecular weight is 397 g/mol. The summed E-state index contributed by atoms with van der Waals surface area (Å²) in [7, 11) is -2.35. The molecule has 0 atom stereocenters. The lowest BCUT2D eigenvalue weighted by Gasteiger charge is -2.12. The third kappa shape index (κ3) is 4.66. The summed E-state index contributed by atoms with van der Waals surface area (Å²) in [5.41, 5.74) is 1.42. The molecule has 3 aromatic rings. The van der Waals surface area contributed by atoms with Gasteiger partial charge >= 0.3 is 0 Å². The maximum Gasteiger partial charge on any atom is 0.262 e. The summed E-state index contributed by atoms with van der Waals surface area (Å²) in [6.45, 7) is 0.287. The molecule has 1 amide bonds. The van der Waals surface area contributed by atoms with Crippen LogP contribution in [-0.2, 0) is 16.6 Å². The van der Waals surface area contributed by atoms with Gasteiger partial charge in [0.2, 0.25) is 0 Å². The van der Waals surface area contributed by atoms with Crippen LogP contribution in [0.3, 0.4) is 0 Å². The highest BCUT2D eigenvalue weighted by atomic mass is 32.2. The van der Waals surface area contributed by atoms with Crippen LogP contribution in [0.15, 0.2) is 77.8 Å². The number of ether oxygens (including phenoxy) is 1. The fraction of sp³-hybridized carbons (Fsp3) is 0.100. The number of amides is 1. The van der Waals surface area contributed by atoms with Crippen molar-refractivity contribution in [2.24, 2.45) is 0 Å². The van der Waals surface area contributed by atoms with Gasteiger partial charge in [-0.3, -0.25) is 14.5 Å². The molecule has 0 spiro atoms. The molecular formula is C20H19N3O4S. The van der Waals surface area contributed by atoms with E-state index in [0.717, 1.165) is 5.69 Å².